The Morgan fingerprint density at radius 3 is 2.31 bits per heavy atom. The molecule has 4 aliphatic rings. The molecular formula is C27H32F3N7O2. The van der Waals surface area contributed by atoms with Crippen LogP contribution in [-0.2, 0) is 18.6 Å². The van der Waals surface area contributed by atoms with Crippen LogP contribution in [0.2, 0.25) is 0 Å². The zero-order chi connectivity index (χ0) is 27.4. The summed E-state index contributed by atoms with van der Waals surface area (Å²) in [4.78, 5) is 22.2. The van der Waals surface area contributed by atoms with Crippen LogP contribution in [0.3, 0.4) is 0 Å². The van der Waals surface area contributed by atoms with Crippen molar-refractivity contribution in [3.63, 3.8) is 0 Å². The van der Waals surface area contributed by atoms with Crippen molar-refractivity contribution in [3.8, 4) is 23.0 Å². The largest absolute Gasteiger partial charge is 0.491 e. The second-order valence-electron chi connectivity index (χ2n) is 11.2. The SMILES string of the molecule is COc1cnc(-c2c(OC)ncnc2C2CC2)nc1NCC12CCC(c3nc(C(F)(F)F)cn3C)(CC1)CC2. The maximum Gasteiger partial charge on any atom is 0.434 e. The summed E-state index contributed by atoms with van der Waals surface area (Å²) in [6, 6.07) is 0. The average molecular weight is 544 g/mol. The van der Waals surface area contributed by atoms with E-state index in [1.54, 1.807) is 32.0 Å². The van der Waals surface area contributed by atoms with Gasteiger partial charge in [-0.2, -0.15) is 13.2 Å². The number of alkyl halides is 3. The number of fused-ring (bicyclic) bond motifs is 3. The number of aromatic nitrogens is 6. The van der Waals surface area contributed by atoms with Crippen LogP contribution in [-0.4, -0.2) is 50.3 Å². The van der Waals surface area contributed by atoms with Crippen LogP contribution in [0.15, 0.2) is 18.7 Å². The topological polar surface area (TPSA) is 99.9 Å². The molecule has 0 atom stereocenters. The maximum atomic E-state index is 13.3. The van der Waals surface area contributed by atoms with E-state index in [9.17, 15) is 13.2 Å². The zero-order valence-corrected chi connectivity index (χ0v) is 22.3. The number of aryl methyl sites for hydroxylation is 1. The van der Waals surface area contributed by atoms with E-state index >= 15 is 0 Å². The molecule has 7 rings (SSSR count). The van der Waals surface area contributed by atoms with E-state index in [1.165, 1.54) is 6.33 Å². The lowest BCUT2D eigenvalue weighted by Gasteiger charge is -2.53. The highest BCUT2D eigenvalue weighted by molar-refractivity contribution is 5.68. The predicted molar refractivity (Wildman–Crippen MR) is 137 cm³/mol. The second-order valence-corrected chi connectivity index (χ2v) is 11.2. The molecule has 0 aliphatic heterocycles. The van der Waals surface area contributed by atoms with Crippen molar-refractivity contribution in [3.05, 3.63) is 35.9 Å². The highest BCUT2D eigenvalue weighted by Crippen LogP contribution is 2.57. The van der Waals surface area contributed by atoms with E-state index in [0.29, 0.717) is 47.1 Å². The third-order valence-corrected chi connectivity index (χ3v) is 8.87. The molecule has 0 spiro atoms. The number of imidazole rings is 1. The summed E-state index contributed by atoms with van der Waals surface area (Å²) in [7, 11) is 4.83. The first kappa shape index (κ1) is 25.8. The summed E-state index contributed by atoms with van der Waals surface area (Å²) in [6.07, 6.45) is 7.11. The molecule has 0 aromatic carbocycles. The van der Waals surface area contributed by atoms with Crippen LogP contribution in [0.4, 0.5) is 19.0 Å². The Balaban J connectivity index is 1.21. The molecule has 9 nitrogen and oxygen atoms in total. The van der Waals surface area contributed by atoms with Gasteiger partial charge >= 0.3 is 6.18 Å². The summed E-state index contributed by atoms with van der Waals surface area (Å²) in [6.45, 7) is 0.683. The van der Waals surface area contributed by atoms with Crippen LogP contribution >= 0.6 is 0 Å². The molecule has 0 saturated heterocycles. The molecule has 4 saturated carbocycles. The number of hydrogen-bond acceptors (Lipinski definition) is 8. The first-order valence-corrected chi connectivity index (χ1v) is 13.3. The highest BCUT2D eigenvalue weighted by atomic mass is 19.4. The molecule has 0 unspecified atom stereocenters. The first-order chi connectivity index (χ1) is 18.7. The molecule has 3 aromatic rings. The quantitative estimate of drug-likeness (QED) is 0.410. The fourth-order valence-electron chi connectivity index (χ4n) is 6.41. The van der Waals surface area contributed by atoms with Gasteiger partial charge in [-0.3, -0.25) is 0 Å². The van der Waals surface area contributed by atoms with Gasteiger partial charge in [-0.1, -0.05) is 0 Å². The Kier molecular flexibility index (Phi) is 6.18. The lowest BCUT2D eigenvalue weighted by Crippen LogP contribution is -2.48. The molecule has 3 aromatic heterocycles. The molecule has 12 heteroatoms. The van der Waals surface area contributed by atoms with Crippen LogP contribution in [0.5, 0.6) is 11.6 Å². The Bertz CT molecular complexity index is 1360. The Hall–Kier alpha value is -3.44. The standard InChI is InChI=1S/C27H32F3N7O2/c1-37-13-18(27(28,29)30)35-24(37)26-9-6-25(7-10-26,8-11-26)14-32-21-17(38-2)12-31-22(36-21)19-20(16-4-5-16)33-15-34-23(19)39-3/h12-13,15-16H,4-11,14H2,1-3H3,(H,31,32,36). The highest BCUT2D eigenvalue weighted by Gasteiger charge is 2.52. The van der Waals surface area contributed by atoms with Gasteiger partial charge in [0.15, 0.2) is 23.1 Å². The third kappa shape index (κ3) is 4.57. The van der Waals surface area contributed by atoms with E-state index in [0.717, 1.165) is 63.3 Å². The lowest BCUT2D eigenvalue weighted by molar-refractivity contribution is -0.141. The molecule has 1 N–H and O–H groups in total. The van der Waals surface area contributed by atoms with E-state index < -0.39 is 11.9 Å². The van der Waals surface area contributed by atoms with E-state index in [1.807, 2.05) is 0 Å². The van der Waals surface area contributed by atoms with Gasteiger partial charge in [-0.05, 0) is 56.8 Å². The van der Waals surface area contributed by atoms with E-state index in [2.05, 4.69) is 25.3 Å². The number of halogens is 3. The zero-order valence-electron chi connectivity index (χ0n) is 22.3. The lowest BCUT2D eigenvalue weighted by atomic mass is 9.53. The minimum Gasteiger partial charge on any atom is -0.491 e. The minimum absolute atomic E-state index is 0.0304. The van der Waals surface area contributed by atoms with Gasteiger partial charge in [0.25, 0.3) is 0 Å². The van der Waals surface area contributed by atoms with Crippen LogP contribution < -0.4 is 14.8 Å². The summed E-state index contributed by atoms with van der Waals surface area (Å²) in [5.41, 5.74) is 0.525. The number of hydrogen-bond donors (Lipinski definition) is 1. The van der Waals surface area contributed by atoms with Crippen molar-refractivity contribution in [2.75, 3.05) is 26.1 Å². The smallest absolute Gasteiger partial charge is 0.434 e. The van der Waals surface area contributed by atoms with Gasteiger partial charge in [0.2, 0.25) is 5.88 Å². The van der Waals surface area contributed by atoms with Gasteiger partial charge in [-0.25, -0.2) is 24.9 Å². The molecule has 39 heavy (non-hydrogen) atoms. The third-order valence-electron chi connectivity index (χ3n) is 8.87. The first-order valence-electron chi connectivity index (χ1n) is 13.3. The van der Waals surface area contributed by atoms with Gasteiger partial charge in [0.1, 0.15) is 17.7 Å². The van der Waals surface area contributed by atoms with Crippen LogP contribution in [0.1, 0.15) is 74.5 Å². The maximum absolute atomic E-state index is 13.3. The summed E-state index contributed by atoms with van der Waals surface area (Å²) < 4.78 is 52.6. The molecule has 4 aliphatic carbocycles. The fourth-order valence-corrected chi connectivity index (χ4v) is 6.41. The number of rotatable bonds is 8. The Labute approximate surface area is 224 Å². The molecule has 2 bridgehead atoms. The van der Waals surface area contributed by atoms with E-state index in [4.69, 9.17) is 14.5 Å². The number of nitrogens with one attached hydrogen (secondary N) is 1. The number of methoxy groups -OCH3 is 2. The molecule has 0 radical (unpaired) electrons. The number of nitrogens with zero attached hydrogens (tertiary/aromatic N) is 6. The van der Waals surface area contributed by atoms with E-state index in [-0.39, 0.29) is 10.8 Å². The molecule has 4 fully saturated rings. The van der Waals surface area contributed by atoms with Crippen LogP contribution in [0, 0.1) is 5.41 Å². The molecule has 3 heterocycles. The summed E-state index contributed by atoms with van der Waals surface area (Å²) in [5.74, 6) is 2.97. The predicted octanol–water partition coefficient (Wildman–Crippen LogP) is 5.28. The number of anilines is 1. The second kappa shape index (κ2) is 9.34. The van der Waals surface area contributed by atoms with Gasteiger partial charge < -0.3 is 19.4 Å². The average Bonchev–Trinajstić information content (AvgIpc) is 3.72. The summed E-state index contributed by atoms with van der Waals surface area (Å²) >= 11 is 0. The summed E-state index contributed by atoms with van der Waals surface area (Å²) in [5, 5.41) is 3.52. The Morgan fingerprint density at radius 2 is 1.72 bits per heavy atom. The van der Waals surface area contributed by atoms with Crippen molar-refractivity contribution in [1.29, 1.82) is 0 Å². The van der Waals surface area contributed by atoms with Gasteiger partial charge in [0, 0.05) is 31.1 Å². The minimum atomic E-state index is -4.44. The van der Waals surface area contributed by atoms with Crippen molar-refractivity contribution in [1.82, 2.24) is 29.5 Å². The van der Waals surface area contributed by atoms with Crippen LogP contribution in [0.25, 0.3) is 11.4 Å². The van der Waals surface area contributed by atoms with Crippen molar-refractivity contribution < 1.29 is 22.6 Å². The molecular weight excluding hydrogens is 511 g/mol. The fraction of sp³-hybridized carbons (Fsp3) is 0.593. The monoisotopic (exact) mass is 543 g/mol. The van der Waals surface area contributed by atoms with Gasteiger partial charge in [-0.15, -0.1) is 0 Å². The Morgan fingerprint density at radius 1 is 1.00 bits per heavy atom. The van der Waals surface area contributed by atoms with Crippen molar-refractivity contribution in [2.45, 2.75) is 68.9 Å². The molecule has 0 amide bonds. The van der Waals surface area contributed by atoms with Crippen molar-refractivity contribution in [2.24, 2.45) is 12.5 Å². The van der Waals surface area contributed by atoms with Gasteiger partial charge in [0.05, 0.1) is 26.1 Å². The molecule has 208 valence electrons. The normalized spacial score (nSPS) is 24.6. The number of ether oxygens (including phenoxy) is 2. The van der Waals surface area contributed by atoms with Crippen molar-refractivity contribution >= 4 is 5.82 Å².